The SMILES string of the molecule is COC(=O)c1ccc([C@H](C)NC(=O)c2c(C)nn3c2N(Cc2cccc(CCCF)c2)CC3)cc1. The summed E-state index contributed by atoms with van der Waals surface area (Å²) in [5, 5.41) is 7.68. The number of carbonyl (C=O) groups is 2. The van der Waals surface area contributed by atoms with Crippen LogP contribution in [0, 0.1) is 6.92 Å². The monoisotopic (exact) mass is 478 g/mol. The number of fused-ring (bicyclic) bond motifs is 1. The van der Waals surface area contributed by atoms with Gasteiger partial charge in [-0.15, -0.1) is 0 Å². The van der Waals surface area contributed by atoms with Crippen molar-refractivity contribution in [1.29, 1.82) is 0 Å². The smallest absolute Gasteiger partial charge is 0.337 e. The molecule has 1 atom stereocenters. The van der Waals surface area contributed by atoms with Crippen LogP contribution in [-0.4, -0.2) is 42.0 Å². The minimum Gasteiger partial charge on any atom is -0.465 e. The molecule has 1 aromatic heterocycles. The van der Waals surface area contributed by atoms with Gasteiger partial charge in [-0.1, -0.05) is 36.4 Å². The van der Waals surface area contributed by atoms with E-state index in [0.717, 1.165) is 35.6 Å². The molecule has 35 heavy (non-hydrogen) atoms. The van der Waals surface area contributed by atoms with Gasteiger partial charge in [0.1, 0.15) is 11.4 Å². The molecule has 184 valence electrons. The van der Waals surface area contributed by atoms with Crippen molar-refractivity contribution in [2.75, 3.05) is 25.2 Å². The van der Waals surface area contributed by atoms with Crippen LogP contribution >= 0.6 is 0 Å². The molecule has 8 heteroatoms. The second-order valence-electron chi connectivity index (χ2n) is 8.85. The Hall–Kier alpha value is -3.68. The second-order valence-corrected chi connectivity index (χ2v) is 8.85. The summed E-state index contributed by atoms with van der Waals surface area (Å²) in [5.74, 6) is 0.242. The lowest BCUT2D eigenvalue weighted by molar-refractivity contribution is 0.0600. The Morgan fingerprint density at radius 3 is 2.60 bits per heavy atom. The molecule has 2 heterocycles. The third-order valence-electron chi connectivity index (χ3n) is 6.35. The molecule has 1 amide bonds. The molecule has 1 aliphatic heterocycles. The predicted octanol–water partition coefficient (Wildman–Crippen LogP) is 4.39. The topological polar surface area (TPSA) is 76.5 Å². The molecular formula is C27H31FN4O3. The van der Waals surface area contributed by atoms with Crippen LogP contribution in [0.5, 0.6) is 0 Å². The van der Waals surface area contributed by atoms with Crippen LogP contribution in [-0.2, 0) is 24.2 Å². The minimum atomic E-state index is -0.396. The van der Waals surface area contributed by atoms with Gasteiger partial charge < -0.3 is 15.0 Å². The zero-order valence-electron chi connectivity index (χ0n) is 20.4. The van der Waals surface area contributed by atoms with E-state index in [9.17, 15) is 14.0 Å². The first-order valence-corrected chi connectivity index (χ1v) is 11.9. The third kappa shape index (κ3) is 5.37. The average Bonchev–Trinajstić information content (AvgIpc) is 3.40. The van der Waals surface area contributed by atoms with Gasteiger partial charge in [-0.2, -0.15) is 5.10 Å². The zero-order valence-corrected chi connectivity index (χ0v) is 20.4. The van der Waals surface area contributed by atoms with E-state index in [-0.39, 0.29) is 18.6 Å². The molecule has 2 aromatic carbocycles. The summed E-state index contributed by atoms with van der Waals surface area (Å²) in [6.07, 6.45) is 1.24. The Bertz CT molecular complexity index is 1210. The maximum atomic E-state index is 13.4. The fraction of sp³-hybridized carbons (Fsp3) is 0.370. The van der Waals surface area contributed by atoms with E-state index in [1.807, 2.05) is 42.8 Å². The van der Waals surface area contributed by atoms with Crippen molar-refractivity contribution in [2.24, 2.45) is 0 Å². The number of methoxy groups -OCH3 is 1. The van der Waals surface area contributed by atoms with Crippen molar-refractivity contribution in [3.63, 3.8) is 0 Å². The van der Waals surface area contributed by atoms with Gasteiger partial charge in [0, 0.05) is 13.1 Å². The Morgan fingerprint density at radius 1 is 1.14 bits per heavy atom. The van der Waals surface area contributed by atoms with Crippen LogP contribution in [0.3, 0.4) is 0 Å². The van der Waals surface area contributed by atoms with Crippen LogP contribution in [0.25, 0.3) is 0 Å². The van der Waals surface area contributed by atoms with E-state index >= 15 is 0 Å². The Balaban J connectivity index is 1.50. The summed E-state index contributed by atoms with van der Waals surface area (Å²) in [4.78, 5) is 27.2. The number of esters is 1. The number of rotatable bonds is 9. The highest BCUT2D eigenvalue weighted by molar-refractivity contribution is 6.00. The first-order chi connectivity index (χ1) is 16.9. The van der Waals surface area contributed by atoms with E-state index < -0.39 is 5.97 Å². The van der Waals surface area contributed by atoms with Gasteiger partial charge >= 0.3 is 5.97 Å². The first-order valence-electron chi connectivity index (χ1n) is 11.9. The molecule has 1 N–H and O–H groups in total. The van der Waals surface area contributed by atoms with Gasteiger partial charge in [-0.25, -0.2) is 9.48 Å². The number of alkyl halides is 1. The first kappa shape index (κ1) is 24.4. The number of carbonyl (C=O) groups excluding carboxylic acids is 2. The maximum Gasteiger partial charge on any atom is 0.337 e. The standard InChI is InChI=1S/C27H31FN4O3/c1-18(22-9-11-23(12-10-22)27(34)35-3)29-25(33)24-19(2)30-32-15-14-31(26(24)32)17-21-7-4-6-20(16-21)8-5-13-28/h4,6-7,9-12,16,18H,5,8,13-15,17H2,1-3H3,(H,29,33)/t18-/m0/s1. The number of amides is 1. The van der Waals surface area contributed by atoms with Crippen LogP contribution < -0.4 is 10.2 Å². The summed E-state index contributed by atoms with van der Waals surface area (Å²) in [6.45, 7) is 5.58. The molecule has 0 unspecified atom stereocenters. The molecule has 0 bridgehead atoms. The van der Waals surface area contributed by atoms with Gasteiger partial charge in [-0.3, -0.25) is 9.18 Å². The third-order valence-corrected chi connectivity index (χ3v) is 6.35. The summed E-state index contributed by atoms with van der Waals surface area (Å²) in [6, 6.07) is 14.9. The molecule has 0 saturated heterocycles. The lowest BCUT2D eigenvalue weighted by atomic mass is 10.1. The number of aromatic nitrogens is 2. The number of nitrogens with zero attached hydrogens (tertiary/aromatic N) is 3. The molecule has 0 aliphatic carbocycles. The molecule has 0 radical (unpaired) electrons. The van der Waals surface area contributed by atoms with E-state index in [4.69, 9.17) is 4.74 Å². The van der Waals surface area contributed by atoms with Crippen LogP contribution in [0.1, 0.15) is 62.5 Å². The van der Waals surface area contributed by atoms with E-state index in [1.54, 1.807) is 12.1 Å². The fourth-order valence-electron chi connectivity index (χ4n) is 4.54. The average molecular weight is 479 g/mol. The molecule has 1 aliphatic rings. The number of hydrogen-bond donors (Lipinski definition) is 1. The van der Waals surface area contributed by atoms with Gasteiger partial charge in [0.2, 0.25) is 0 Å². The Morgan fingerprint density at radius 2 is 1.89 bits per heavy atom. The van der Waals surface area contributed by atoms with Crippen molar-refractivity contribution >= 4 is 17.7 Å². The number of ether oxygens (including phenoxy) is 1. The van der Waals surface area contributed by atoms with Gasteiger partial charge in [0.05, 0.1) is 37.6 Å². The molecule has 0 fully saturated rings. The molecule has 4 rings (SSSR count). The fourth-order valence-corrected chi connectivity index (χ4v) is 4.54. The number of nitrogens with one attached hydrogen (secondary N) is 1. The number of halogens is 1. The predicted molar refractivity (Wildman–Crippen MR) is 132 cm³/mol. The van der Waals surface area contributed by atoms with Crippen molar-refractivity contribution in [1.82, 2.24) is 15.1 Å². The highest BCUT2D eigenvalue weighted by atomic mass is 19.1. The van der Waals surface area contributed by atoms with E-state index in [0.29, 0.717) is 36.2 Å². The van der Waals surface area contributed by atoms with Crippen molar-refractivity contribution in [3.8, 4) is 0 Å². The molecule has 7 nitrogen and oxygen atoms in total. The largest absolute Gasteiger partial charge is 0.465 e. The van der Waals surface area contributed by atoms with Gasteiger partial charge in [-0.05, 0) is 55.5 Å². The number of aryl methyl sites for hydroxylation is 2. The quantitative estimate of drug-likeness (QED) is 0.462. The van der Waals surface area contributed by atoms with Crippen molar-refractivity contribution < 1.29 is 18.7 Å². The van der Waals surface area contributed by atoms with Crippen molar-refractivity contribution in [3.05, 3.63) is 82.0 Å². The van der Waals surface area contributed by atoms with Crippen molar-refractivity contribution in [2.45, 2.75) is 45.8 Å². The lowest BCUT2D eigenvalue weighted by Crippen LogP contribution is -2.29. The van der Waals surface area contributed by atoms with Gasteiger partial charge in [0.25, 0.3) is 5.91 Å². The molecule has 0 spiro atoms. The number of anilines is 1. The van der Waals surface area contributed by atoms with E-state index in [2.05, 4.69) is 27.4 Å². The highest BCUT2D eigenvalue weighted by Gasteiger charge is 2.30. The highest BCUT2D eigenvalue weighted by Crippen LogP contribution is 2.30. The lowest BCUT2D eigenvalue weighted by Gasteiger charge is -2.21. The summed E-state index contributed by atoms with van der Waals surface area (Å²) < 4.78 is 19.2. The Kier molecular flexibility index (Phi) is 7.48. The molecular weight excluding hydrogens is 447 g/mol. The summed E-state index contributed by atoms with van der Waals surface area (Å²) in [5.41, 5.74) is 4.85. The van der Waals surface area contributed by atoms with Gasteiger partial charge in [0.15, 0.2) is 0 Å². The number of benzene rings is 2. The Labute approximate surface area is 204 Å². The van der Waals surface area contributed by atoms with E-state index in [1.165, 1.54) is 7.11 Å². The van der Waals surface area contributed by atoms with Crippen LogP contribution in [0.15, 0.2) is 48.5 Å². The maximum absolute atomic E-state index is 13.4. The minimum absolute atomic E-state index is 0.183. The number of hydrogen-bond acceptors (Lipinski definition) is 5. The normalized spacial score (nSPS) is 13.4. The summed E-state index contributed by atoms with van der Waals surface area (Å²) in [7, 11) is 1.35. The van der Waals surface area contributed by atoms with Crippen LogP contribution in [0.2, 0.25) is 0 Å². The zero-order chi connectivity index (χ0) is 24.9. The summed E-state index contributed by atoms with van der Waals surface area (Å²) >= 11 is 0. The molecule has 0 saturated carbocycles. The van der Waals surface area contributed by atoms with Crippen LogP contribution in [0.4, 0.5) is 10.2 Å². The second kappa shape index (κ2) is 10.7. The molecule has 3 aromatic rings.